The van der Waals surface area contributed by atoms with E-state index in [2.05, 4.69) is 4.98 Å². The molecule has 2 aromatic carbocycles. The lowest BCUT2D eigenvalue weighted by Gasteiger charge is -2.41. The molecule has 228 valence electrons. The van der Waals surface area contributed by atoms with Gasteiger partial charge in [-0.15, -0.1) is 0 Å². The molecule has 2 fully saturated rings. The van der Waals surface area contributed by atoms with Gasteiger partial charge in [-0.25, -0.2) is 17.2 Å². The minimum Gasteiger partial charge on any atom is -0.337 e. The molecule has 0 bridgehead atoms. The minimum absolute atomic E-state index is 0.00865. The van der Waals surface area contributed by atoms with Crippen molar-refractivity contribution in [1.29, 1.82) is 5.26 Å². The molecule has 1 aromatic heterocycles. The van der Waals surface area contributed by atoms with E-state index in [1.807, 2.05) is 18.3 Å². The molecule has 3 aromatic rings. The predicted octanol–water partition coefficient (Wildman–Crippen LogP) is 4.86. The van der Waals surface area contributed by atoms with Crippen LogP contribution in [-0.2, 0) is 27.9 Å². The number of nitriles is 1. The van der Waals surface area contributed by atoms with E-state index in [0.29, 0.717) is 35.5 Å². The molecule has 0 radical (unpaired) electrons. The van der Waals surface area contributed by atoms with Gasteiger partial charge in [0, 0.05) is 37.6 Å². The van der Waals surface area contributed by atoms with Crippen LogP contribution in [0, 0.1) is 23.0 Å². The third-order valence-corrected chi connectivity index (χ3v) is 10.8. The van der Waals surface area contributed by atoms with Crippen molar-refractivity contribution in [3.05, 3.63) is 88.2 Å². The number of pyridine rings is 1. The fraction of sp³-hybridized carbons (Fsp3) is 0.375. The summed E-state index contributed by atoms with van der Waals surface area (Å²) in [6.45, 7) is 0.422. The van der Waals surface area contributed by atoms with Gasteiger partial charge in [0.25, 0.3) is 5.91 Å². The molecular weight excluding hydrogens is 588 g/mol. The van der Waals surface area contributed by atoms with Crippen LogP contribution in [0.2, 0.25) is 0 Å². The van der Waals surface area contributed by atoms with Crippen molar-refractivity contribution in [2.45, 2.75) is 68.5 Å². The van der Waals surface area contributed by atoms with Crippen LogP contribution < -0.4 is 4.90 Å². The van der Waals surface area contributed by atoms with Crippen LogP contribution in [0.15, 0.2) is 53.6 Å². The normalized spacial score (nSPS) is 18.9. The van der Waals surface area contributed by atoms with E-state index in [1.54, 1.807) is 30.1 Å². The standard InChI is InChI=1S/C32H31F2N5O4S/c1-37-18-23-13-25(9-10-27(23)31(37)40)38(19-24-8-7-21(17-36-24)20-5-3-2-4-6-20)32(41)29-11-12-39(29)44(42,43)26-14-22(16-35)30(34)28(33)15-26/h7-10,13-15,17,20,29H,2-6,11-12,18-19H2,1H3/t29-/m1/s1. The Morgan fingerprint density at radius 3 is 2.52 bits per heavy atom. The molecule has 0 unspecified atom stereocenters. The number of nitrogens with zero attached hydrogens (tertiary/aromatic N) is 5. The summed E-state index contributed by atoms with van der Waals surface area (Å²) in [7, 11) is -2.75. The summed E-state index contributed by atoms with van der Waals surface area (Å²) in [5.74, 6) is -3.08. The molecular formula is C32H31F2N5O4S. The first kappa shape index (κ1) is 29.8. The average molecular weight is 620 g/mol. The van der Waals surface area contributed by atoms with Crippen LogP contribution in [0.25, 0.3) is 0 Å². The number of carbonyl (C=O) groups is 2. The first-order chi connectivity index (χ1) is 21.1. The number of hydrogen-bond donors (Lipinski definition) is 0. The van der Waals surface area contributed by atoms with Crippen LogP contribution in [0.1, 0.15) is 77.2 Å². The van der Waals surface area contributed by atoms with Gasteiger partial charge >= 0.3 is 0 Å². The van der Waals surface area contributed by atoms with Gasteiger partial charge in [-0.2, -0.15) is 9.57 Å². The van der Waals surface area contributed by atoms with E-state index in [4.69, 9.17) is 5.26 Å². The Bertz CT molecular complexity index is 1790. The Hall–Kier alpha value is -4.21. The SMILES string of the molecule is CN1Cc2cc(N(Cc3ccc(C4CCCCC4)cn3)C(=O)[C@H]3CCN3S(=O)(=O)c3cc(F)c(F)c(C#N)c3)ccc2C1=O. The Kier molecular flexibility index (Phi) is 7.94. The molecule has 2 aliphatic heterocycles. The quantitative estimate of drug-likeness (QED) is 0.373. The van der Waals surface area contributed by atoms with Gasteiger partial charge in [-0.1, -0.05) is 25.3 Å². The Labute approximate surface area is 254 Å². The number of aromatic nitrogens is 1. The average Bonchev–Trinajstić information content (AvgIpc) is 3.29. The molecule has 0 N–H and O–H groups in total. The van der Waals surface area contributed by atoms with Crippen molar-refractivity contribution in [2.24, 2.45) is 0 Å². The highest BCUT2D eigenvalue weighted by Gasteiger charge is 2.45. The summed E-state index contributed by atoms with van der Waals surface area (Å²) in [5, 5.41) is 9.16. The summed E-state index contributed by atoms with van der Waals surface area (Å²) in [4.78, 5) is 33.7. The van der Waals surface area contributed by atoms with Crippen molar-refractivity contribution >= 4 is 27.5 Å². The Morgan fingerprint density at radius 1 is 1.09 bits per heavy atom. The number of benzene rings is 2. The highest BCUT2D eigenvalue weighted by atomic mass is 32.2. The van der Waals surface area contributed by atoms with E-state index in [1.165, 1.54) is 30.2 Å². The summed E-state index contributed by atoms with van der Waals surface area (Å²) < 4.78 is 56.1. The number of anilines is 1. The zero-order valence-corrected chi connectivity index (χ0v) is 25.0. The molecule has 1 aliphatic carbocycles. The molecule has 1 atom stereocenters. The number of rotatable bonds is 7. The van der Waals surface area contributed by atoms with Crippen LogP contribution in [0.3, 0.4) is 0 Å². The Morgan fingerprint density at radius 2 is 1.86 bits per heavy atom. The monoisotopic (exact) mass is 619 g/mol. The van der Waals surface area contributed by atoms with Gasteiger partial charge in [0.15, 0.2) is 11.6 Å². The molecule has 44 heavy (non-hydrogen) atoms. The summed E-state index contributed by atoms with van der Waals surface area (Å²) in [6, 6.07) is 10.7. The number of halogens is 2. The molecule has 2 amide bonds. The molecule has 12 heteroatoms. The maximum Gasteiger partial charge on any atom is 0.254 e. The molecule has 6 rings (SSSR count). The fourth-order valence-electron chi connectivity index (χ4n) is 6.29. The highest BCUT2D eigenvalue weighted by Crippen LogP contribution is 2.35. The van der Waals surface area contributed by atoms with Crippen LogP contribution in [0.4, 0.5) is 14.5 Å². The third kappa shape index (κ3) is 5.35. The molecule has 3 heterocycles. The van der Waals surface area contributed by atoms with Crippen molar-refractivity contribution in [3.8, 4) is 6.07 Å². The van der Waals surface area contributed by atoms with Crippen molar-refractivity contribution in [1.82, 2.24) is 14.2 Å². The first-order valence-corrected chi connectivity index (χ1v) is 16.1. The molecule has 1 saturated heterocycles. The van der Waals surface area contributed by atoms with Gasteiger partial charge < -0.3 is 9.80 Å². The molecule has 1 saturated carbocycles. The number of fused-ring (bicyclic) bond motifs is 1. The maximum absolute atomic E-state index is 14.2. The lowest BCUT2D eigenvalue weighted by Crippen LogP contribution is -2.59. The van der Waals surface area contributed by atoms with Crippen LogP contribution in [-0.4, -0.2) is 54.1 Å². The lowest BCUT2D eigenvalue weighted by atomic mass is 9.85. The lowest BCUT2D eigenvalue weighted by molar-refractivity contribution is -0.125. The van der Waals surface area contributed by atoms with Crippen molar-refractivity contribution in [2.75, 3.05) is 18.5 Å². The number of hydrogen-bond acceptors (Lipinski definition) is 6. The van der Waals surface area contributed by atoms with Gasteiger partial charge in [-0.05, 0) is 72.7 Å². The molecule has 3 aliphatic rings. The second-order valence-electron chi connectivity index (χ2n) is 11.6. The predicted molar refractivity (Wildman–Crippen MR) is 157 cm³/mol. The van der Waals surface area contributed by atoms with Crippen molar-refractivity contribution < 1.29 is 26.8 Å². The largest absolute Gasteiger partial charge is 0.337 e. The van der Waals surface area contributed by atoms with E-state index in [0.717, 1.165) is 34.3 Å². The second-order valence-corrected chi connectivity index (χ2v) is 13.5. The van der Waals surface area contributed by atoms with E-state index in [9.17, 15) is 26.8 Å². The van der Waals surface area contributed by atoms with Crippen molar-refractivity contribution in [3.63, 3.8) is 0 Å². The fourth-order valence-corrected chi connectivity index (χ4v) is 7.96. The zero-order valence-electron chi connectivity index (χ0n) is 24.2. The summed E-state index contributed by atoms with van der Waals surface area (Å²) >= 11 is 0. The van der Waals surface area contributed by atoms with E-state index in [-0.39, 0.29) is 25.4 Å². The summed E-state index contributed by atoms with van der Waals surface area (Å²) in [5.41, 5.74) is 2.80. The van der Waals surface area contributed by atoms with E-state index >= 15 is 0 Å². The van der Waals surface area contributed by atoms with Gasteiger partial charge in [0.1, 0.15) is 12.1 Å². The number of sulfonamides is 1. The van der Waals surface area contributed by atoms with Crippen LogP contribution >= 0.6 is 0 Å². The van der Waals surface area contributed by atoms with Gasteiger partial charge in [-0.3, -0.25) is 14.6 Å². The van der Waals surface area contributed by atoms with Gasteiger partial charge in [0.05, 0.1) is 22.7 Å². The molecule has 9 nitrogen and oxygen atoms in total. The number of amides is 2. The second kappa shape index (κ2) is 11.7. The Balaban J connectivity index is 1.31. The van der Waals surface area contributed by atoms with Gasteiger partial charge in [0.2, 0.25) is 15.9 Å². The first-order valence-electron chi connectivity index (χ1n) is 14.6. The minimum atomic E-state index is -4.44. The zero-order chi connectivity index (χ0) is 31.2. The molecule has 0 spiro atoms. The topological polar surface area (TPSA) is 115 Å². The smallest absolute Gasteiger partial charge is 0.254 e. The highest BCUT2D eigenvalue weighted by molar-refractivity contribution is 7.89. The summed E-state index contributed by atoms with van der Waals surface area (Å²) in [6.07, 6.45) is 7.91. The number of carbonyl (C=O) groups excluding carboxylic acids is 2. The third-order valence-electron chi connectivity index (χ3n) is 8.88. The maximum atomic E-state index is 14.2. The van der Waals surface area contributed by atoms with E-state index < -0.39 is 44.1 Å². The van der Waals surface area contributed by atoms with Crippen LogP contribution in [0.5, 0.6) is 0 Å².